The van der Waals surface area contributed by atoms with Crippen LogP contribution in [0.4, 0.5) is 11.4 Å². The van der Waals surface area contributed by atoms with Crippen molar-refractivity contribution in [1.29, 1.82) is 0 Å². The van der Waals surface area contributed by atoms with Crippen LogP contribution < -0.4 is 10.1 Å². The molecule has 0 radical (unpaired) electrons. The van der Waals surface area contributed by atoms with E-state index < -0.39 is 4.92 Å². The summed E-state index contributed by atoms with van der Waals surface area (Å²) in [5, 5.41) is 14.1. The summed E-state index contributed by atoms with van der Waals surface area (Å²) in [5.74, 6) is 0.622. The fourth-order valence-corrected chi connectivity index (χ4v) is 2.60. The van der Waals surface area contributed by atoms with E-state index in [4.69, 9.17) is 4.74 Å². The van der Waals surface area contributed by atoms with Crippen LogP contribution >= 0.6 is 15.9 Å². The van der Waals surface area contributed by atoms with Gasteiger partial charge in [0.2, 0.25) is 0 Å². The minimum absolute atomic E-state index is 0.0515. The molecule has 2 rings (SSSR count). The molecule has 0 aliphatic rings. The van der Waals surface area contributed by atoms with Crippen LogP contribution in [0.2, 0.25) is 0 Å². The summed E-state index contributed by atoms with van der Waals surface area (Å²) in [7, 11) is 1.55. The number of nitro groups is 1. The maximum Gasteiger partial charge on any atom is 0.270 e. The fourth-order valence-electron chi connectivity index (χ4n) is 1.97. The minimum Gasteiger partial charge on any atom is -0.496 e. The Labute approximate surface area is 131 Å². The third-order valence-electron chi connectivity index (χ3n) is 3.07. The van der Waals surface area contributed by atoms with Gasteiger partial charge in [-0.05, 0) is 46.6 Å². The second kappa shape index (κ2) is 6.58. The minimum atomic E-state index is -0.412. The van der Waals surface area contributed by atoms with Gasteiger partial charge in [-0.1, -0.05) is 6.07 Å². The zero-order valence-electron chi connectivity index (χ0n) is 11.7. The Balaban J connectivity index is 2.22. The summed E-state index contributed by atoms with van der Waals surface area (Å²) in [4.78, 5) is 10.4. The van der Waals surface area contributed by atoms with Crippen molar-refractivity contribution in [2.75, 3.05) is 12.4 Å². The molecule has 0 spiro atoms. The molecule has 110 valence electrons. The molecule has 5 nitrogen and oxygen atoms in total. The predicted molar refractivity (Wildman–Crippen MR) is 85.9 cm³/mol. The molecule has 2 aromatic rings. The lowest BCUT2D eigenvalue weighted by Crippen LogP contribution is -2.03. The number of nitrogens with zero attached hydrogens (tertiary/aromatic N) is 1. The molecule has 0 heterocycles. The van der Waals surface area contributed by atoms with Gasteiger partial charge < -0.3 is 10.1 Å². The molecule has 0 unspecified atom stereocenters. The molecule has 6 heteroatoms. The lowest BCUT2D eigenvalue weighted by Gasteiger charge is -2.12. The number of non-ortho nitro benzene ring substituents is 1. The van der Waals surface area contributed by atoms with Crippen LogP contribution in [0.15, 0.2) is 40.9 Å². The van der Waals surface area contributed by atoms with Gasteiger partial charge in [0.05, 0.1) is 12.0 Å². The summed E-state index contributed by atoms with van der Waals surface area (Å²) in [6, 6.07) is 10.5. The van der Waals surface area contributed by atoms with E-state index in [1.807, 2.05) is 25.1 Å². The molecule has 21 heavy (non-hydrogen) atoms. The van der Waals surface area contributed by atoms with Crippen LogP contribution in [0.25, 0.3) is 0 Å². The first-order valence-corrected chi connectivity index (χ1v) is 7.12. The molecule has 0 aliphatic heterocycles. The summed E-state index contributed by atoms with van der Waals surface area (Å²) in [6.45, 7) is 2.45. The molecule has 1 N–H and O–H groups in total. The van der Waals surface area contributed by atoms with Crippen molar-refractivity contribution in [2.45, 2.75) is 13.5 Å². The maximum absolute atomic E-state index is 10.9. The van der Waals surface area contributed by atoms with Crippen molar-refractivity contribution in [3.8, 4) is 5.75 Å². The Morgan fingerprint density at radius 1 is 1.29 bits per heavy atom. The number of anilines is 1. The van der Waals surface area contributed by atoms with Crippen LogP contribution in [0.1, 0.15) is 11.1 Å². The highest BCUT2D eigenvalue weighted by Gasteiger charge is 2.11. The zero-order valence-corrected chi connectivity index (χ0v) is 13.3. The van der Waals surface area contributed by atoms with Gasteiger partial charge in [0.25, 0.3) is 5.69 Å². The monoisotopic (exact) mass is 350 g/mol. The first-order valence-electron chi connectivity index (χ1n) is 6.32. The molecule has 0 aromatic heterocycles. The summed E-state index contributed by atoms with van der Waals surface area (Å²) in [5.41, 5.74) is 2.87. The number of methoxy groups -OCH3 is 1. The van der Waals surface area contributed by atoms with Gasteiger partial charge in [-0.2, -0.15) is 0 Å². The molecule has 0 amide bonds. The number of halogens is 1. The number of rotatable bonds is 5. The highest BCUT2D eigenvalue weighted by molar-refractivity contribution is 9.10. The molecular weight excluding hydrogens is 336 g/mol. The molecule has 0 atom stereocenters. The smallest absolute Gasteiger partial charge is 0.270 e. The van der Waals surface area contributed by atoms with Gasteiger partial charge in [0.1, 0.15) is 5.75 Å². The highest BCUT2D eigenvalue weighted by Crippen LogP contribution is 2.27. The zero-order chi connectivity index (χ0) is 15.4. The Morgan fingerprint density at radius 2 is 2.05 bits per heavy atom. The van der Waals surface area contributed by atoms with E-state index >= 15 is 0 Å². The van der Waals surface area contributed by atoms with Crippen molar-refractivity contribution < 1.29 is 9.66 Å². The van der Waals surface area contributed by atoms with Gasteiger partial charge >= 0.3 is 0 Å². The second-order valence-corrected chi connectivity index (χ2v) is 5.44. The third-order valence-corrected chi connectivity index (χ3v) is 3.72. The first-order chi connectivity index (χ1) is 10.0. The normalized spacial score (nSPS) is 10.2. The van der Waals surface area contributed by atoms with Gasteiger partial charge in [-0.15, -0.1) is 0 Å². The van der Waals surface area contributed by atoms with Gasteiger partial charge in [0, 0.05) is 34.4 Å². The SMILES string of the molecule is COc1ccc([N+](=O)[O-])cc1CNc1ccc(C)cc1Br. The summed E-state index contributed by atoms with van der Waals surface area (Å²) >= 11 is 3.49. The van der Waals surface area contributed by atoms with Crippen molar-refractivity contribution in [3.63, 3.8) is 0 Å². The fraction of sp³-hybridized carbons (Fsp3) is 0.200. The van der Waals surface area contributed by atoms with Gasteiger partial charge in [-0.3, -0.25) is 10.1 Å². The number of nitrogens with one attached hydrogen (secondary N) is 1. The Hall–Kier alpha value is -2.08. The number of aryl methyl sites for hydroxylation is 1. The largest absolute Gasteiger partial charge is 0.496 e. The Bertz CT molecular complexity index is 674. The van der Waals surface area contributed by atoms with Crippen molar-refractivity contribution in [1.82, 2.24) is 0 Å². The van der Waals surface area contributed by atoms with E-state index in [2.05, 4.69) is 21.2 Å². The summed E-state index contributed by atoms with van der Waals surface area (Å²) in [6.07, 6.45) is 0. The van der Waals surface area contributed by atoms with Gasteiger partial charge in [-0.25, -0.2) is 0 Å². The molecule has 0 aliphatic carbocycles. The molecule has 0 saturated carbocycles. The van der Waals surface area contributed by atoms with Crippen LogP contribution in [0.5, 0.6) is 5.75 Å². The molecule has 0 bridgehead atoms. The molecule has 0 saturated heterocycles. The van der Waals surface area contributed by atoms with Crippen LogP contribution in [0.3, 0.4) is 0 Å². The molecular formula is C15H15BrN2O3. The maximum atomic E-state index is 10.9. The van der Waals surface area contributed by atoms with E-state index in [0.29, 0.717) is 12.3 Å². The number of ether oxygens (including phenoxy) is 1. The van der Waals surface area contributed by atoms with E-state index in [1.165, 1.54) is 12.1 Å². The predicted octanol–water partition coefficient (Wildman–Crippen LogP) is 4.29. The third kappa shape index (κ3) is 3.72. The van der Waals surface area contributed by atoms with Gasteiger partial charge in [0.15, 0.2) is 0 Å². The average Bonchev–Trinajstić information content (AvgIpc) is 2.46. The topological polar surface area (TPSA) is 64.4 Å². The van der Waals surface area contributed by atoms with E-state index in [1.54, 1.807) is 13.2 Å². The van der Waals surface area contributed by atoms with Crippen molar-refractivity contribution >= 4 is 27.3 Å². The Kier molecular flexibility index (Phi) is 4.80. The van der Waals surface area contributed by atoms with Crippen molar-refractivity contribution in [2.24, 2.45) is 0 Å². The van der Waals surface area contributed by atoms with E-state index in [-0.39, 0.29) is 5.69 Å². The number of hydrogen-bond acceptors (Lipinski definition) is 4. The van der Waals surface area contributed by atoms with E-state index in [0.717, 1.165) is 21.3 Å². The second-order valence-electron chi connectivity index (χ2n) is 4.59. The van der Waals surface area contributed by atoms with E-state index in [9.17, 15) is 10.1 Å². The quantitative estimate of drug-likeness (QED) is 0.645. The standard InChI is InChI=1S/C15H15BrN2O3/c1-10-3-5-14(13(16)7-10)17-9-11-8-12(18(19)20)4-6-15(11)21-2/h3-8,17H,9H2,1-2H3. The number of hydrogen-bond donors (Lipinski definition) is 1. The number of benzene rings is 2. The van der Waals surface area contributed by atoms with Crippen LogP contribution in [0, 0.1) is 17.0 Å². The number of nitro benzene ring substituents is 1. The lowest BCUT2D eigenvalue weighted by molar-refractivity contribution is -0.384. The van der Waals surface area contributed by atoms with Crippen LogP contribution in [-0.2, 0) is 6.54 Å². The van der Waals surface area contributed by atoms with Crippen LogP contribution in [-0.4, -0.2) is 12.0 Å². The molecule has 2 aromatic carbocycles. The lowest BCUT2D eigenvalue weighted by atomic mass is 10.1. The highest BCUT2D eigenvalue weighted by atomic mass is 79.9. The molecule has 0 fully saturated rings. The first kappa shape index (κ1) is 15.3. The summed E-state index contributed by atoms with van der Waals surface area (Å²) < 4.78 is 6.19. The Morgan fingerprint density at radius 3 is 2.67 bits per heavy atom. The average molecular weight is 351 g/mol. The van der Waals surface area contributed by atoms with Crippen molar-refractivity contribution in [3.05, 3.63) is 62.1 Å².